The molecule has 234 valence electrons. The molecule has 0 fully saturated rings. The van der Waals surface area contributed by atoms with E-state index in [0.29, 0.717) is 5.84 Å². The summed E-state index contributed by atoms with van der Waals surface area (Å²) in [6.45, 7) is 0. The van der Waals surface area contributed by atoms with E-state index >= 15 is 0 Å². The second-order valence-corrected chi connectivity index (χ2v) is 12.6. The van der Waals surface area contributed by atoms with Gasteiger partial charge in [0.05, 0.1) is 11.4 Å². The fraction of sp³-hybridized carbons (Fsp3) is 0. The first-order chi connectivity index (χ1) is 24.8. The fourth-order valence-corrected chi connectivity index (χ4v) is 7.03. The molecular weight excluding hydrogens is 605 g/mol. The quantitative estimate of drug-likeness (QED) is 0.168. The second kappa shape index (κ2) is 12.8. The van der Waals surface area contributed by atoms with E-state index in [1.807, 2.05) is 42.5 Å². The zero-order valence-electron chi connectivity index (χ0n) is 27.4. The number of aliphatic imine (C=N–C) groups is 2. The molecule has 0 atom stereocenters. The van der Waals surface area contributed by atoms with Gasteiger partial charge in [0.15, 0.2) is 5.84 Å². The first-order valence-corrected chi connectivity index (χ1v) is 17.0. The Hall–Kier alpha value is -6.64. The van der Waals surface area contributed by atoms with E-state index < -0.39 is 0 Å². The van der Waals surface area contributed by atoms with Crippen LogP contribution in [0, 0.1) is 0 Å². The van der Waals surface area contributed by atoms with E-state index in [0.717, 1.165) is 39.2 Å². The summed E-state index contributed by atoms with van der Waals surface area (Å²) in [7, 11) is 0. The maximum absolute atomic E-state index is 5.17. The van der Waals surface area contributed by atoms with E-state index in [4.69, 9.17) is 9.98 Å². The topological polar surface area (TPSA) is 24.7 Å². The number of amidine groups is 1. The Morgan fingerprint density at radius 2 is 0.760 bits per heavy atom. The van der Waals surface area contributed by atoms with E-state index in [1.54, 1.807) is 0 Å². The number of rotatable bonds is 5. The monoisotopic (exact) mass is 636 g/mol. The van der Waals surface area contributed by atoms with Gasteiger partial charge in [0, 0.05) is 16.7 Å². The van der Waals surface area contributed by atoms with Gasteiger partial charge in [0.1, 0.15) is 0 Å². The Labute approximate surface area is 291 Å². The highest BCUT2D eigenvalue weighted by Gasteiger charge is 2.13. The van der Waals surface area contributed by atoms with Crippen molar-refractivity contribution >= 4 is 49.6 Å². The molecule has 0 saturated carbocycles. The predicted octanol–water partition coefficient (Wildman–Crippen LogP) is 12.3. The maximum Gasteiger partial charge on any atom is 0.160 e. The van der Waals surface area contributed by atoms with Crippen LogP contribution in [0.1, 0.15) is 16.7 Å². The zero-order chi connectivity index (χ0) is 33.3. The number of hydrogen-bond acceptors (Lipinski definition) is 2. The average Bonchev–Trinajstić information content (AvgIpc) is 3.19. The van der Waals surface area contributed by atoms with Crippen LogP contribution < -0.4 is 0 Å². The largest absolute Gasteiger partial charge is 0.228 e. The van der Waals surface area contributed by atoms with Crippen molar-refractivity contribution in [3.05, 3.63) is 211 Å². The highest BCUT2D eigenvalue weighted by molar-refractivity contribution is 6.25. The van der Waals surface area contributed by atoms with Crippen molar-refractivity contribution in [2.45, 2.75) is 0 Å². The molecule has 0 unspecified atom stereocenters. The fourth-order valence-electron chi connectivity index (χ4n) is 7.03. The van der Waals surface area contributed by atoms with Crippen molar-refractivity contribution in [1.82, 2.24) is 0 Å². The molecule has 1 aliphatic heterocycles. The summed E-state index contributed by atoms with van der Waals surface area (Å²) in [5.74, 6) is 0.684. The summed E-state index contributed by atoms with van der Waals surface area (Å²) in [4.78, 5) is 10.2. The third-order valence-corrected chi connectivity index (χ3v) is 9.49. The van der Waals surface area contributed by atoms with Crippen LogP contribution in [0.3, 0.4) is 0 Å². The van der Waals surface area contributed by atoms with Crippen molar-refractivity contribution in [2.24, 2.45) is 9.98 Å². The minimum absolute atomic E-state index is 0.684. The molecule has 8 aromatic rings. The van der Waals surface area contributed by atoms with Gasteiger partial charge in [0.25, 0.3) is 0 Å². The van der Waals surface area contributed by atoms with Crippen LogP contribution in [0.15, 0.2) is 204 Å². The molecule has 0 radical (unpaired) electrons. The zero-order valence-corrected chi connectivity index (χ0v) is 27.4. The van der Waals surface area contributed by atoms with Gasteiger partial charge in [-0.05, 0) is 84.9 Å². The number of nitrogens with zero attached hydrogens (tertiary/aromatic N) is 2. The van der Waals surface area contributed by atoms with Crippen molar-refractivity contribution in [1.29, 1.82) is 0 Å². The van der Waals surface area contributed by atoms with E-state index in [9.17, 15) is 0 Å². The third kappa shape index (κ3) is 5.53. The SMILES string of the molecule is C1=C/C(c2cccc(-c3cccc(-c4ccc5c6ccccc6c6ccccc6c5c4)c3)c2)=N\C(c2ccccc2)=N/C(c2ccccc2)=C/1. The van der Waals surface area contributed by atoms with Gasteiger partial charge in [-0.2, -0.15) is 0 Å². The van der Waals surface area contributed by atoms with Gasteiger partial charge in [0.2, 0.25) is 0 Å². The molecule has 0 N–H and O–H groups in total. The molecule has 2 nitrogen and oxygen atoms in total. The van der Waals surface area contributed by atoms with Crippen LogP contribution in [-0.2, 0) is 0 Å². The van der Waals surface area contributed by atoms with Crippen molar-refractivity contribution in [2.75, 3.05) is 0 Å². The highest BCUT2D eigenvalue weighted by atomic mass is 14.9. The Morgan fingerprint density at radius 3 is 1.38 bits per heavy atom. The number of fused-ring (bicyclic) bond motifs is 6. The van der Waals surface area contributed by atoms with Crippen LogP contribution in [0.2, 0.25) is 0 Å². The molecule has 0 saturated heterocycles. The van der Waals surface area contributed by atoms with Crippen molar-refractivity contribution < 1.29 is 0 Å². The van der Waals surface area contributed by atoms with Gasteiger partial charge in [-0.3, -0.25) is 0 Å². The molecule has 1 heterocycles. The lowest BCUT2D eigenvalue weighted by Gasteiger charge is -2.13. The van der Waals surface area contributed by atoms with Gasteiger partial charge < -0.3 is 0 Å². The molecule has 2 heteroatoms. The number of allylic oxidation sites excluding steroid dienone is 3. The Morgan fingerprint density at radius 1 is 0.300 bits per heavy atom. The highest BCUT2D eigenvalue weighted by Crippen LogP contribution is 2.37. The first-order valence-electron chi connectivity index (χ1n) is 17.0. The molecule has 1 aliphatic rings. The van der Waals surface area contributed by atoms with Crippen molar-refractivity contribution in [3.63, 3.8) is 0 Å². The Bertz CT molecular complexity index is 2640. The van der Waals surface area contributed by atoms with Crippen LogP contribution in [-0.4, -0.2) is 11.5 Å². The Balaban J connectivity index is 1.10. The standard InChI is InChI=1S/C48H32N2/c1-3-14-33(15-4-1)46-26-13-27-47(50-48(49-46)34-16-5-2-6-17-34)39-21-12-20-37(31-39)35-18-11-19-36(30-35)38-28-29-44-42-24-8-7-22-40(42)41-23-9-10-25-43(41)45(44)32-38/h1-32H/b26-13?,27-13+,46-26+,47-27?,49-46?,49-48-,50-47+,50-48?. The van der Waals surface area contributed by atoms with Gasteiger partial charge in [-0.25, -0.2) is 9.98 Å². The van der Waals surface area contributed by atoms with Crippen LogP contribution in [0.4, 0.5) is 0 Å². The molecule has 0 aromatic heterocycles. The third-order valence-electron chi connectivity index (χ3n) is 9.49. The van der Waals surface area contributed by atoms with Gasteiger partial charge in [-0.1, -0.05) is 164 Å². The molecule has 9 rings (SSSR count). The second-order valence-electron chi connectivity index (χ2n) is 12.6. The Kier molecular flexibility index (Phi) is 7.53. The average molecular weight is 637 g/mol. The minimum Gasteiger partial charge on any atom is -0.228 e. The lowest BCUT2D eigenvalue weighted by atomic mass is 9.91. The molecular formula is C48H32N2. The maximum atomic E-state index is 5.17. The van der Waals surface area contributed by atoms with E-state index in [1.165, 1.54) is 43.4 Å². The normalized spacial score (nSPS) is 16.8. The summed E-state index contributed by atoms with van der Waals surface area (Å²) in [6.07, 6.45) is 6.20. The summed E-state index contributed by atoms with van der Waals surface area (Å²) < 4.78 is 0. The number of benzene rings is 8. The van der Waals surface area contributed by atoms with Crippen LogP contribution in [0.25, 0.3) is 60.3 Å². The van der Waals surface area contributed by atoms with E-state index in [-0.39, 0.29) is 0 Å². The van der Waals surface area contributed by atoms with E-state index in [2.05, 4.69) is 152 Å². The lowest BCUT2D eigenvalue weighted by Crippen LogP contribution is -2.06. The van der Waals surface area contributed by atoms with Crippen molar-refractivity contribution in [3.8, 4) is 22.3 Å². The molecule has 0 amide bonds. The minimum atomic E-state index is 0.684. The summed E-state index contributed by atoms with van der Waals surface area (Å²) in [6, 6.07) is 62.3. The van der Waals surface area contributed by atoms with Gasteiger partial charge >= 0.3 is 0 Å². The molecule has 8 aromatic carbocycles. The smallest absolute Gasteiger partial charge is 0.160 e. The molecule has 0 spiro atoms. The molecule has 0 bridgehead atoms. The lowest BCUT2D eigenvalue weighted by molar-refractivity contribution is 1.43. The van der Waals surface area contributed by atoms with Crippen LogP contribution >= 0.6 is 0 Å². The van der Waals surface area contributed by atoms with Gasteiger partial charge in [-0.15, -0.1) is 0 Å². The summed E-state index contributed by atoms with van der Waals surface area (Å²) >= 11 is 0. The molecule has 50 heavy (non-hydrogen) atoms. The van der Waals surface area contributed by atoms with Crippen LogP contribution in [0.5, 0.6) is 0 Å². The predicted molar refractivity (Wildman–Crippen MR) is 213 cm³/mol. The summed E-state index contributed by atoms with van der Waals surface area (Å²) in [5.41, 5.74) is 9.49. The number of hydrogen-bond donors (Lipinski definition) is 0. The summed E-state index contributed by atoms with van der Waals surface area (Å²) in [5, 5.41) is 7.71. The molecule has 0 aliphatic carbocycles. The first kappa shape index (κ1) is 29.5.